The number of carbonyl (C=O) groups is 1. The van der Waals surface area contributed by atoms with Gasteiger partial charge in [-0.3, -0.25) is 4.79 Å². The Bertz CT molecular complexity index is 552. The number of sulfonamides is 1. The van der Waals surface area contributed by atoms with Gasteiger partial charge in [0.2, 0.25) is 15.9 Å². The van der Waals surface area contributed by atoms with Gasteiger partial charge in [-0.15, -0.1) is 0 Å². The zero-order valence-electron chi connectivity index (χ0n) is 11.0. The van der Waals surface area contributed by atoms with Gasteiger partial charge >= 0.3 is 0 Å². The van der Waals surface area contributed by atoms with E-state index < -0.39 is 10.0 Å². The van der Waals surface area contributed by atoms with Crippen molar-refractivity contribution in [3.05, 3.63) is 29.3 Å². The quantitative estimate of drug-likeness (QED) is 0.874. The molecular weight excluding hydrogens is 252 g/mol. The Labute approximate surface area is 108 Å². The van der Waals surface area contributed by atoms with Crippen LogP contribution in [0.25, 0.3) is 0 Å². The van der Waals surface area contributed by atoms with E-state index in [1.54, 1.807) is 19.1 Å². The highest BCUT2D eigenvalue weighted by Gasteiger charge is 2.24. The summed E-state index contributed by atoms with van der Waals surface area (Å²) in [7, 11) is -0.757. The van der Waals surface area contributed by atoms with Crippen LogP contribution in [-0.4, -0.2) is 39.3 Å². The third-order valence-corrected chi connectivity index (χ3v) is 4.62. The van der Waals surface area contributed by atoms with Crippen LogP contribution in [0.3, 0.4) is 0 Å². The molecule has 0 heterocycles. The first-order valence-electron chi connectivity index (χ1n) is 5.53. The predicted octanol–water partition coefficient (Wildman–Crippen LogP) is 0.670. The number of amides is 1. The topological polar surface area (TPSA) is 66.5 Å². The monoisotopic (exact) mass is 270 g/mol. The van der Waals surface area contributed by atoms with E-state index in [2.05, 4.69) is 5.32 Å². The Balaban J connectivity index is 3.13. The average Bonchev–Trinajstić information content (AvgIpc) is 2.31. The molecule has 0 unspecified atom stereocenters. The molecule has 0 aliphatic heterocycles. The summed E-state index contributed by atoms with van der Waals surface area (Å²) in [6.07, 6.45) is 0. The number of rotatable bonds is 4. The van der Waals surface area contributed by atoms with Crippen molar-refractivity contribution >= 4 is 15.9 Å². The van der Waals surface area contributed by atoms with Gasteiger partial charge < -0.3 is 5.32 Å². The number of nitrogens with zero attached hydrogens (tertiary/aromatic N) is 1. The number of hydrogen-bond donors (Lipinski definition) is 1. The van der Waals surface area contributed by atoms with Gasteiger partial charge in [0, 0.05) is 14.1 Å². The molecule has 0 spiro atoms. The fraction of sp³-hybridized carbons (Fsp3) is 0.417. The molecular formula is C12H18N2O3S. The maximum absolute atomic E-state index is 12.3. The Morgan fingerprint density at radius 1 is 1.33 bits per heavy atom. The highest BCUT2D eigenvalue weighted by molar-refractivity contribution is 7.89. The smallest absolute Gasteiger partial charge is 0.243 e. The van der Waals surface area contributed by atoms with Crippen molar-refractivity contribution in [3.63, 3.8) is 0 Å². The van der Waals surface area contributed by atoms with Gasteiger partial charge in [-0.2, -0.15) is 4.31 Å². The van der Waals surface area contributed by atoms with Crippen LogP contribution >= 0.6 is 0 Å². The first-order chi connectivity index (χ1) is 8.28. The summed E-state index contributed by atoms with van der Waals surface area (Å²) in [6, 6.07) is 5.23. The Hall–Kier alpha value is -1.40. The largest absolute Gasteiger partial charge is 0.358 e. The molecule has 0 bridgehead atoms. The Kier molecular flexibility index (Phi) is 4.48. The minimum Gasteiger partial charge on any atom is -0.358 e. The molecule has 18 heavy (non-hydrogen) atoms. The van der Waals surface area contributed by atoms with E-state index in [-0.39, 0.29) is 17.3 Å². The lowest BCUT2D eigenvalue weighted by molar-refractivity contribution is -0.120. The molecule has 1 amide bonds. The van der Waals surface area contributed by atoms with Gasteiger partial charge in [0.15, 0.2) is 0 Å². The first-order valence-corrected chi connectivity index (χ1v) is 6.97. The number of likely N-dealkylation sites (N-methyl/N-ethyl adjacent to an activating group) is 2. The second kappa shape index (κ2) is 5.49. The molecule has 1 N–H and O–H groups in total. The molecule has 5 nitrogen and oxygen atoms in total. The van der Waals surface area contributed by atoms with Gasteiger partial charge in [0.25, 0.3) is 0 Å². The average molecular weight is 270 g/mol. The number of aryl methyl sites for hydroxylation is 2. The highest BCUT2D eigenvalue weighted by Crippen LogP contribution is 2.20. The van der Waals surface area contributed by atoms with Gasteiger partial charge in [-0.1, -0.05) is 12.1 Å². The van der Waals surface area contributed by atoms with E-state index in [0.717, 1.165) is 9.87 Å². The second-order valence-electron chi connectivity index (χ2n) is 4.20. The molecule has 0 saturated carbocycles. The number of carbonyl (C=O) groups excluding carboxylic acids is 1. The van der Waals surface area contributed by atoms with Crippen LogP contribution in [0.5, 0.6) is 0 Å². The third-order valence-electron chi connectivity index (χ3n) is 2.68. The van der Waals surface area contributed by atoms with E-state index in [0.29, 0.717) is 5.56 Å². The molecule has 100 valence electrons. The normalized spacial score (nSPS) is 11.6. The van der Waals surface area contributed by atoms with Crippen LogP contribution in [0.1, 0.15) is 11.1 Å². The van der Waals surface area contributed by atoms with Crippen molar-refractivity contribution in [1.82, 2.24) is 9.62 Å². The molecule has 0 radical (unpaired) electrons. The first kappa shape index (κ1) is 14.7. The third kappa shape index (κ3) is 3.08. The molecule has 6 heteroatoms. The minimum atomic E-state index is -3.62. The lowest BCUT2D eigenvalue weighted by atomic mass is 10.2. The molecule has 0 atom stereocenters. The standard InChI is InChI=1S/C12H18N2O3S/c1-9-5-6-10(2)11(7-9)18(16,17)14(4)8-12(15)13-3/h5-7H,8H2,1-4H3,(H,13,15). The van der Waals surface area contributed by atoms with Gasteiger partial charge in [0.05, 0.1) is 11.4 Å². The van der Waals surface area contributed by atoms with E-state index >= 15 is 0 Å². The number of benzene rings is 1. The fourth-order valence-corrected chi connectivity index (χ4v) is 2.95. The second-order valence-corrected chi connectivity index (χ2v) is 6.22. The zero-order chi connectivity index (χ0) is 13.9. The van der Waals surface area contributed by atoms with Gasteiger partial charge in [0.1, 0.15) is 0 Å². The maximum Gasteiger partial charge on any atom is 0.243 e. The molecule has 0 fully saturated rings. The fourth-order valence-electron chi connectivity index (χ4n) is 1.52. The lowest BCUT2D eigenvalue weighted by Gasteiger charge is -2.18. The summed E-state index contributed by atoms with van der Waals surface area (Å²) in [5.74, 6) is -0.341. The van der Waals surface area contributed by atoms with Crippen LogP contribution in [0.4, 0.5) is 0 Å². The molecule has 1 aromatic rings. The maximum atomic E-state index is 12.3. The zero-order valence-corrected chi connectivity index (χ0v) is 11.8. The summed E-state index contributed by atoms with van der Waals surface area (Å²) in [5, 5.41) is 2.40. The Morgan fingerprint density at radius 3 is 2.50 bits per heavy atom. The summed E-state index contributed by atoms with van der Waals surface area (Å²) in [6.45, 7) is 3.38. The van der Waals surface area contributed by atoms with Crippen LogP contribution < -0.4 is 5.32 Å². The molecule has 0 aromatic heterocycles. The van der Waals surface area contributed by atoms with Crippen molar-refractivity contribution < 1.29 is 13.2 Å². The highest BCUT2D eigenvalue weighted by atomic mass is 32.2. The van der Waals surface area contributed by atoms with Crippen molar-refractivity contribution in [2.45, 2.75) is 18.7 Å². The van der Waals surface area contributed by atoms with Crippen molar-refractivity contribution in [2.24, 2.45) is 0 Å². The van der Waals surface area contributed by atoms with E-state index in [4.69, 9.17) is 0 Å². The van der Waals surface area contributed by atoms with E-state index in [1.807, 2.05) is 13.0 Å². The molecule has 0 saturated heterocycles. The van der Waals surface area contributed by atoms with Gasteiger partial charge in [-0.25, -0.2) is 8.42 Å². The lowest BCUT2D eigenvalue weighted by Crippen LogP contribution is -2.37. The molecule has 1 rings (SSSR count). The molecule has 0 aliphatic carbocycles. The van der Waals surface area contributed by atoms with Crippen LogP contribution in [0.2, 0.25) is 0 Å². The number of nitrogens with one attached hydrogen (secondary N) is 1. The molecule has 0 aliphatic rings. The van der Waals surface area contributed by atoms with Crippen molar-refractivity contribution in [2.75, 3.05) is 20.6 Å². The minimum absolute atomic E-state index is 0.188. The van der Waals surface area contributed by atoms with Crippen LogP contribution in [0.15, 0.2) is 23.1 Å². The molecule has 1 aromatic carbocycles. The van der Waals surface area contributed by atoms with Crippen molar-refractivity contribution in [3.8, 4) is 0 Å². The van der Waals surface area contributed by atoms with Gasteiger partial charge in [-0.05, 0) is 31.0 Å². The van der Waals surface area contributed by atoms with Crippen LogP contribution in [-0.2, 0) is 14.8 Å². The number of hydrogen-bond acceptors (Lipinski definition) is 3. The summed E-state index contributed by atoms with van der Waals surface area (Å²) >= 11 is 0. The van der Waals surface area contributed by atoms with E-state index in [1.165, 1.54) is 14.1 Å². The summed E-state index contributed by atoms with van der Waals surface area (Å²) in [4.78, 5) is 11.5. The van der Waals surface area contributed by atoms with E-state index in [9.17, 15) is 13.2 Å². The summed E-state index contributed by atoms with van der Waals surface area (Å²) in [5.41, 5.74) is 1.54. The van der Waals surface area contributed by atoms with Crippen LogP contribution in [0, 0.1) is 13.8 Å². The van der Waals surface area contributed by atoms with Crippen molar-refractivity contribution in [1.29, 1.82) is 0 Å². The Morgan fingerprint density at radius 2 is 1.94 bits per heavy atom. The SMILES string of the molecule is CNC(=O)CN(C)S(=O)(=O)c1cc(C)ccc1C. The summed E-state index contributed by atoms with van der Waals surface area (Å²) < 4.78 is 25.7. The predicted molar refractivity (Wildman–Crippen MR) is 69.8 cm³/mol.